The first-order chi connectivity index (χ1) is 11.2. The van der Waals surface area contributed by atoms with Crippen LogP contribution in [0.4, 0.5) is 0 Å². The highest BCUT2D eigenvalue weighted by atomic mass is 16.2. The van der Waals surface area contributed by atoms with Crippen molar-refractivity contribution >= 4 is 5.91 Å². The standard InChI is InChI=1S/C18H28N4O/c1-14-5-11-22(19-14)16-6-9-20(10-7-16)18(23)15-12-17-4-2-3-8-21(17)13-15/h5,11,15-17H,2-4,6-10,12-13H2,1H3. The second-order valence-electron chi connectivity index (χ2n) is 7.57. The van der Waals surface area contributed by atoms with Crippen molar-refractivity contribution in [2.75, 3.05) is 26.2 Å². The van der Waals surface area contributed by atoms with E-state index >= 15 is 0 Å². The molecule has 4 heterocycles. The van der Waals surface area contributed by atoms with Crippen molar-refractivity contribution < 1.29 is 4.79 Å². The lowest BCUT2D eigenvalue weighted by molar-refractivity contribution is -0.136. The summed E-state index contributed by atoms with van der Waals surface area (Å²) in [4.78, 5) is 17.5. The average molecular weight is 316 g/mol. The van der Waals surface area contributed by atoms with Crippen molar-refractivity contribution in [3.63, 3.8) is 0 Å². The summed E-state index contributed by atoms with van der Waals surface area (Å²) in [6.07, 6.45) is 9.19. The van der Waals surface area contributed by atoms with Gasteiger partial charge in [0, 0.05) is 31.9 Å². The monoisotopic (exact) mass is 316 g/mol. The van der Waals surface area contributed by atoms with E-state index in [0.29, 0.717) is 18.0 Å². The molecule has 3 aliphatic rings. The quantitative estimate of drug-likeness (QED) is 0.840. The molecular formula is C18H28N4O. The molecule has 23 heavy (non-hydrogen) atoms. The third kappa shape index (κ3) is 3.03. The number of likely N-dealkylation sites (tertiary alicyclic amines) is 1. The zero-order valence-electron chi connectivity index (χ0n) is 14.2. The molecule has 4 rings (SSSR count). The predicted octanol–water partition coefficient (Wildman–Crippen LogP) is 2.23. The largest absolute Gasteiger partial charge is 0.342 e. The molecule has 3 saturated heterocycles. The van der Waals surface area contributed by atoms with Gasteiger partial charge in [-0.2, -0.15) is 5.10 Å². The van der Waals surface area contributed by atoms with Crippen LogP contribution in [0.1, 0.15) is 50.3 Å². The first kappa shape index (κ1) is 15.2. The summed E-state index contributed by atoms with van der Waals surface area (Å²) in [5.41, 5.74) is 1.08. The second-order valence-corrected chi connectivity index (χ2v) is 7.57. The van der Waals surface area contributed by atoms with E-state index in [1.54, 1.807) is 0 Å². The van der Waals surface area contributed by atoms with E-state index in [-0.39, 0.29) is 5.92 Å². The van der Waals surface area contributed by atoms with Crippen LogP contribution in [0.3, 0.4) is 0 Å². The Bertz CT molecular complexity index is 547. The molecule has 5 heteroatoms. The molecule has 126 valence electrons. The van der Waals surface area contributed by atoms with E-state index in [0.717, 1.165) is 44.6 Å². The molecule has 0 aromatic carbocycles. The minimum atomic E-state index is 0.251. The zero-order chi connectivity index (χ0) is 15.8. The second kappa shape index (κ2) is 6.27. The fourth-order valence-corrected chi connectivity index (χ4v) is 4.68. The number of aromatic nitrogens is 2. The molecule has 0 bridgehead atoms. The lowest BCUT2D eigenvalue weighted by atomic mass is 9.97. The summed E-state index contributed by atoms with van der Waals surface area (Å²) in [5.74, 6) is 0.663. The van der Waals surface area contributed by atoms with Crippen LogP contribution >= 0.6 is 0 Å². The summed E-state index contributed by atoms with van der Waals surface area (Å²) in [5, 5.41) is 4.54. The molecule has 5 nitrogen and oxygen atoms in total. The number of nitrogens with zero attached hydrogens (tertiary/aromatic N) is 4. The molecule has 1 aromatic rings. The molecule has 2 atom stereocenters. The molecule has 3 fully saturated rings. The predicted molar refractivity (Wildman–Crippen MR) is 89.1 cm³/mol. The summed E-state index contributed by atoms with van der Waals surface area (Å²) < 4.78 is 2.09. The van der Waals surface area contributed by atoms with E-state index in [9.17, 15) is 4.79 Å². The van der Waals surface area contributed by atoms with Crippen molar-refractivity contribution in [3.8, 4) is 0 Å². The van der Waals surface area contributed by atoms with Gasteiger partial charge < -0.3 is 4.90 Å². The highest BCUT2D eigenvalue weighted by Gasteiger charge is 2.39. The average Bonchev–Trinajstić information content (AvgIpc) is 3.20. The van der Waals surface area contributed by atoms with Crippen LogP contribution in [0.5, 0.6) is 0 Å². The third-order valence-electron chi connectivity index (χ3n) is 6.00. The number of fused-ring (bicyclic) bond motifs is 1. The number of piperidine rings is 2. The Morgan fingerprint density at radius 2 is 1.96 bits per heavy atom. The number of rotatable bonds is 2. The van der Waals surface area contributed by atoms with Crippen molar-refractivity contribution in [1.29, 1.82) is 0 Å². The maximum atomic E-state index is 12.9. The Labute approximate surface area is 138 Å². The lowest BCUT2D eigenvalue weighted by Crippen LogP contribution is -2.43. The smallest absolute Gasteiger partial charge is 0.227 e. The van der Waals surface area contributed by atoms with E-state index in [4.69, 9.17) is 0 Å². The van der Waals surface area contributed by atoms with Gasteiger partial charge in [-0.15, -0.1) is 0 Å². The van der Waals surface area contributed by atoms with Crippen LogP contribution in [0, 0.1) is 12.8 Å². The van der Waals surface area contributed by atoms with Gasteiger partial charge in [-0.25, -0.2) is 0 Å². The molecule has 1 amide bonds. The van der Waals surface area contributed by atoms with Gasteiger partial charge >= 0.3 is 0 Å². The molecule has 0 radical (unpaired) electrons. The highest BCUT2D eigenvalue weighted by molar-refractivity contribution is 5.79. The van der Waals surface area contributed by atoms with Gasteiger partial charge in [0.1, 0.15) is 0 Å². The van der Waals surface area contributed by atoms with Crippen LogP contribution < -0.4 is 0 Å². The normalized spacial score (nSPS) is 29.7. The van der Waals surface area contributed by atoms with Crippen molar-refractivity contribution in [3.05, 3.63) is 18.0 Å². The molecule has 0 saturated carbocycles. The van der Waals surface area contributed by atoms with Gasteiger partial charge in [-0.3, -0.25) is 14.4 Å². The molecule has 2 unspecified atom stereocenters. The Morgan fingerprint density at radius 3 is 2.65 bits per heavy atom. The summed E-state index contributed by atoms with van der Waals surface area (Å²) in [7, 11) is 0. The van der Waals surface area contributed by atoms with Crippen molar-refractivity contribution in [1.82, 2.24) is 19.6 Å². The molecule has 3 aliphatic heterocycles. The molecule has 0 spiro atoms. The Balaban J connectivity index is 1.32. The number of aryl methyl sites for hydroxylation is 1. The van der Waals surface area contributed by atoms with Crippen LogP contribution in [0.25, 0.3) is 0 Å². The van der Waals surface area contributed by atoms with Crippen LogP contribution in [0.2, 0.25) is 0 Å². The summed E-state index contributed by atoms with van der Waals surface area (Å²) >= 11 is 0. The minimum Gasteiger partial charge on any atom is -0.342 e. The fourth-order valence-electron chi connectivity index (χ4n) is 4.68. The number of carbonyl (C=O) groups excluding carboxylic acids is 1. The maximum absolute atomic E-state index is 12.9. The fraction of sp³-hybridized carbons (Fsp3) is 0.778. The zero-order valence-corrected chi connectivity index (χ0v) is 14.2. The number of hydrogen-bond donors (Lipinski definition) is 0. The maximum Gasteiger partial charge on any atom is 0.227 e. The molecule has 1 aromatic heterocycles. The summed E-state index contributed by atoms with van der Waals surface area (Å²) in [6, 6.07) is 3.21. The number of amides is 1. The summed E-state index contributed by atoms with van der Waals surface area (Å²) in [6.45, 7) is 6.02. The van der Waals surface area contributed by atoms with Crippen LogP contribution in [0.15, 0.2) is 12.3 Å². The van der Waals surface area contributed by atoms with Gasteiger partial charge in [0.05, 0.1) is 17.7 Å². The van der Waals surface area contributed by atoms with Crippen LogP contribution in [-0.2, 0) is 4.79 Å². The molecule has 0 N–H and O–H groups in total. The van der Waals surface area contributed by atoms with E-state index in [2.05, 4.69) is 31.8 Å². The number of carbonyl (C=O) groups is 1. The van der Waals surface area contributed by atoms with Crippen LogP contribution in [-0.4, -0.2) is 57.7 Å². The topological polar surface area (TPSA) is 41.4 Å². The Hall–Kier alpha value is -1.36. The third-order valence-corrected chi connectivity index (χ3v) is 6.00. The first-order valence-electron chi connectivity index (χ1n) is 9.25. The van der Waals surface area contributed by atoms with Gasteiger partial charge in [0.2, 0.25) is 5.91 Å². The first-order valence-corrected chi connectivity index (χ1v) is 9.25. The Kier molecular flexibility index (Phi) is 4.14. The molecular weight excluding hydrogens is 288 g/mol. The minimum absolute atomic E-state index is 0.251. The van der Waals surface area contributed by atoms with E-state index in [1.807, 2.05) is 6.92 Å². The van der Waals surface area contributed by atoms with Gasteiger partial charge in [0.15, 0.2) is 0 Å². The molecule has 0 aliphatic carbocycles. The SMILES string of the molecule is Cc1ccn(C2CCN(C(=O)C3CC4CCCCN4C3)CC2)n1. The lowest BCUT2D eigenvalue weighted by Gasteiger charge is -2.33. The highest BCUT2D eigenvalue weighted by Crippen LogP contribution is 2.32. The van der Waals surface area contributed by atoms with E-state index in [1.165, 1.54) is 25.8 Å². The van der Waals surface area contributed by atoms with E-state index < -0.39 is 0 Å². The van der Waals surface area contributed by atoms with Crippen molar-refractivity contribution in [2.45, 2.75) is 57.5 Å². The van der Waals surface area contributed by atoms with Gasteiger partial charge in [0.25, 0.3) is 0 Å². The number of hydrogen-bond acceptors (Lipinski definition) is 3. The van der Waals surface area contributed by atoms with Gasteiger partial charge in [-0.1, -0.05) is 6.42 Å². The van der Waals surface area contributed by atoms with Gasteiger partial charge in [-0.05, 0) is 51.6 Å². The Morgan fingerprint density at radius 1 is 1.13 bits per heavy atom. The van der Waals surface area contributed by atoms with Crippen molar-refractivity contribution in [2.24, 2.45) is 5.92 Å².